The predicted molar refractivity (Wildman–Crippen MR) is 67.3 cm³/mol. The minimum absolute atomic E-state index is 0.0409. The van der Waals surface area contributed by atoms with Crippen molar-refractivity contribution in [2.75, 3.05) is 0 Å². The van der Waals surface area contributed by atoms with Gasteiger partial charge in [0, 0.05) is 11.1 Å². The van der Waals surface area contributed by atoms with E-state index in [1.807, 2.05) is 0 Å². The molecule has 2 atom stereocenters. The molecule has 5 heteroatoms. The molecule has 2 unspecified atom stereocenters. The van der Waals surface area contributed by atoms with Gasteiger partial charge < -0.3 is 10.4 Å². The lowest BCUT2D eigenvalue weighted by Crippen LogP contribution is -2.47. The van der Waals surface area contributed by atoms with E-state index in [2.05, 4.69) is 5.32 Å². The molecule has 98 valence electrons. The minimum Gasteiger partial charge on any atom is -0.480 e. The second-order valence-electron chi connectivity index (χ2n) is 4.63. The summed E-state index contributed by atoms with van der Waals surface area (Å²) in [7, 11) is 0. The van der Waals surface area contributed by atoms with E-state index >= 15 is 0 Å². The Morgan fingerprint density at radius 2 is 2.28 bits per heavy atom. The summed E-state index contributed by atoms with van der Waals surface area (Å²) >= 11 is 6.00. The van der Waals surface area contributed by atoms with Crippen LogP contribution in [0.5, 0.6) is 0 Å². The van der Waals surface area contributed by atoms with Gasteiger partial charge in [-0.25, -0.2) is 4.39 Å². The van der Waals surface area contributed by atoms with Gasteiger partial charge in [0.05, 0.1) is 0 Å². The third-order valence-corrected chi connectivity index (χ3v) is 3.62. The average Bonchev–Trinajstić information content (AvgIpc) is 2.34. The number of aliphatic carboxylic acids is 1. The largest absolute Gasteiger partial charge is 0.480 e. The summed E-state index contributed by atoms with van der Waals surface area (Å²) in [6.45, 7) is 0. The third-order valence-electron chi connectivity index (χ3n) is 3.25. The number of carboxylic acid groups (broad SMARTS) is 1. The molecule has 3 nitrogen and oxygen atoms in total. The first-order valence-electron chi connectivity index (χ1n) is 5.99. The van der Waals surface area contributed by atoms with E-state index in [0.717, 1.165) is 18.4 Å². The zero-order chi connectivity index (χ0) is 13.1. The average molecular weight is 272 g/mol. The summed E-state index contributed by atoms with van der Waals surface area (Å²) in [5.41, 5.74) is 0.722. The van der Waals surface area contributed by atoms with Crippen LogP contribution < -0.4 is 5.32 Å². The van der Waals surface area contributed by atoms with E-state index in [0.29, 0.717) is 17.9 Å². The van der Waals surface area contributed by atoms with Gasteiger partial charge in [-0.2, -0.15) is 0 Å². The highest BCUT2D eigenvalue weighted by molar-refractivity contribution is 6.31. The van der Waals surface area contributed by atoms with Crippen LogP contribution in [0.15, 0.2) is 18.2 Å². The number of carboxylic acids is 1. The maximum Gasteiger partial charge on any atom is 0.320 e. The van der Waals surface area contributed by atoms with Crippen LogP contribution in [0.4, 0.5) is 4.39 Å². The Morgan fingerprint density at radius 3 is 3.00 bits per heavy atom. The first kappa shape index (κ1) is 13.3. The molecule has 0 radical (unpaired) electrons. The van der Waals surface area contributed by atoms with E-state index in [1.54, 1.807) is 0 Å². The number of hydrogen-bond acceptors (Lipinski definition) is 2. The maximum absolute atomic E-state index is 13.1. The Morgan fingerprint density at radius 1 is 1.50 bits per heavy atom. The second kappa shape index (κ2) is 5.67. The van der Waals surface area contributed by atoms with Crippen molar-refractivity contribution in [2.45, 2.75) is 37.8 Å². The van der Waals surface area contributed by atoms with E-state index in [-0.39, 0.29) is 11.9 Å². The molecule has 1 saturated heterocycles. The van der Waals surface area contributed by atoms with Crippen LogP contribution in [-0.4, -0.2) is 23.2 Å². The lowest BCUT2D eigenvalue weighted by molar-refractivity contribution is -0.140. The van der Waals surface area contributed by atoms with E-state index in [9.17, 15) is 9.18 Å². The number of hydrogen-bond donors (Lipinski definition) is 2. The molecule has 2 N–H and O–H groups in total. The van der Waals surface area contributed by atoms with Gasteiger partial charge in [0.25, 0.3) is 0 Å². The van der Waals surface area contributed by atoms with Crippen molar-refractivity contribution < 1.29 is 14.3 Å². The van der Waals surface area contributed by atoms with Crippen LogP contribution in [0.25, 0.3) is 0 Å². The van der Waals surface area contributed by atoms with Crippen molar-refractivity contribution in [3.05, 3.63) is 34.6 Å². The van der Waals surface area contributed by atoms with E-state index < -0.39 is 12.0 Å². The lowest BCUT2D eigenvalue weighted by atomic mass is 9.94. The number of halogens is 2. The smallest absolute Gasteiger partial charge is 0.320 e. The van der Waals surface area contributed by atoms with Gasteiger partial charge in [-0.05, 0) is 49.4 Å². The van der Waals surface area contributed by atoms with Crippen molar-refractivity contribution >= 4 is 17.6 Å². The molecule has 18 heavy (non-hydrogen) atoms. The Hall–Kier alpha value is -1.13. The molecule has 1 aliphatic rings. The zero-order valence-electron chi connectivity index (χ0n) is 9.83. The van der Waals surface area contributed by atoms with Gasteiger partial charge in [0.15, 0.2) is 0 Å². The van der Waals surface area contributed by atoms with E-state index in [1.165, 1.54) is 18.2 Å². The molecule has 0 aliphatic carbocycles. The maximum atomic E-state index is 13.1. The van der Waals surface area contributed by atoms with Gasteiger partial charge in [-0.3, -0.25) is 4.79 Å². The number of benzene rings is 1. The van der Waals surface area contributed by atoms with Crippen LogP contribution in [0.3, 0.4) is 0 Å². The fourth-order valence-corrected chi connectivity index (χ4v) is 2.54. The highest BCUT2D eigenvalue weighted by atomic mass is 35.5. The van der Waals surface area contributed by atoms with Crippen molar-refractivity contribution in [3.63, 3.8) is 0 Å². The lowest BCUT2D eigenvalue weighted by Gasteiger charge is -2.28. The van der Waals surface area contributed by atoms with Crippen LogP contribution in [0, 0.1) is 5.82 Å². The Labute approximate surface area is 110 Å². The summed E-state index contributed by atoms with van der Waals surface area (Å²) in [5, 5.41) is 12.6. The van der Waals surface area contributed by atoms with Gasteiger partial charge in [-0.15, -0.1) is 0 Å². The second-order valence-corrected chi connectivity index (χ2v) is 5.03. The third kappa shape index (κ3) is 3.21. The van der Waals surface area contributed by atoms with Crippen LogP contribution in [-0.2, 0) is 11.2 Å². The molecular formula is C13H15ClFNO2. The highest BCUT2D eigenvalue weighted by Gasteiger charge is 2.26. The summed E-state index contributed by atoms with van der Waals surface area (Å²) in [6, 6.07) is 3.80. The standard InChI is InChI=1S/C13H15ClFNO2/c14-11-5-4-9(15)6-8(11)7-10-2-1-3-12(16-10)13(17)18/h4-6,10,12,16H,1-3,7H2,(H,17,18). The molecule has 0 saturated carbocycles. The summed E-state index contributed by atoms with van der Waals surface area (Å²) in [5.74, 6) is -1.15. The molecule has 1 fully saturated rings. The fourth-order valence-electron chi connectivity index (χ4n) is 2.34. The minimum atomic E-state index is -0.829. The van der Waals surface area contributed by atoms with Gasteiger partial charge in [0.1, 0.15) is 11.9 Å². The summed E-state index contributed by atoms with van der Waals surface area (Å²) in [4.78, 5) is 10.9. The quantitative estimate of drug-likeness (QED) is 0.888. The molecule has 1 heterocycles. The van der Waals surface area contributed by atoms with Crippen molar-refractivity contribution in [1.29, 1.82) is 0 Å². The molecule has 1 aromatic carbocycles. The van der Waals surface area contributed by atoms with Crippen LogP contribution in [0.1, 0.15) is 24.8 Å². The van der Waals surface area contributed by atoms with Gasteiger partial charge >= 0.3 is 5.97 Å². The summed E-state index contributed by atoms with van der Waals surface area (Å²) in [6.07, 6.45) is 2.95. The molecule has 0 spiro atoms. The molecule has 0 aromatic heterocycles. The highest BCUT2D eigenvalue weighted by Crippen LogP contribution is 2.22. The van der Waals surface area contributed by atoms with E-state index in [4.69, 9.17) is 16.7 Å². The fraction of sp³-hybridized carbons (Fsp3) is 0.462. The number of nitrogens with one attached hydrogen (secondary N) is 1. The van der Waals surface area contributed by atoms with Crippen LogP contribution in [0.2, 0.25) is 5.02 Å². The zero-order valence-corrected chi connectivity index (χ0v) is 10.6. The van der Waals surface area contributed by atoms with Gasteiger partial charge in [0.2, 0.25) is 0 Å². The van der Waals surface area contributed by atoms with Crippen molar-refractivity contribution in [2.24, 2.45) is 0 Å². The first-order valence-corrected chi connectivity index (χ1v) is 6.37. The van der Waals surface area contributed by atoms with Crippen molar-refractivity contribution in [3.8, 4) is 0 Å². The molecule has 2 rings (SSSR count). The molecular weight excluding hydrogens is 257 g/mol. The number of rotatable bonds is 3. The number of carbonyl (C=O) groups is 1. The molecule has 1 aliphatic heterocycles. The molecule has 0 amide bonds. The first-order chi connectivity index (χ1) is 8.56. The summed E-state index contributed by atoms with van der Waals surface area (Å²) < 4.78 is 13.1. The normalized spacial score (nSPS) is 23.9. The number of piperidine rings is 1. The monoisotopic (exact) mass is 271 g/mol. The Balaban J connectivity index is 2.04. The van der Waals surface area contributed by atoms with Gasteiger partial charge in [-0.1, -0.05) is 11.6 Å². The Bertz CT molecular complexity index is 453. The molecule has 0 bridgehead atoms. The van der Waals surface area contributed by atoms with Crippen LogP contribution >= 0.6 is 11.6 Å². The molecule has 1 aromatic rings. The van der Waals surface area contributed by atoms with Crippen molar-refractivity contribution in [1.82, 2.24) is 5.32 Å². The SMILES string of the molecule is O=C(O)C1CCCC(Cc2cc(F)ccc2Cl)N1. The Kier molecular flexibility index (Phi) is 4.19. The topological polar surface area (TPSA) is 49.3 Å². The predicted octanol–water partition coefficient (Wildman–Crippen LogP) is 2.62.